The molecular formula is C49H31F3N10. The van der Waals surface area contributed by atoms with Gasteiger partial charge in [-0.05, 0) is 106 Å². The summed E-state index contributed by atoms with van der Waals surface area (Å²) < 4.78 is 46.4. The van der Waals surface area contributed by atoms with Crippen LogP contribution in [0.4, 0.5) is 18.9 Å². The molecule has 6 aromatic carbocycles. The standard InChI is InChI=1S/C49H31F3N10/c1-26-55-27(2)58-47(57-26)30-14-18-43-37(20-30)35-10-6-8-12-41(35)61(43)45-24-39(34-17-16-33(49(50,51)52)23-40(34)54-5)46(22-32(45)25-53)62-42-13-9-7-11-36(42)38-21-31(15-19-44(38)62)48-59-28(3)56-29(4)60-48/h6-24H,1-4H3. The number of hydrogen-bond donors (Lipinski definition) is 0. The van der Waals surface area contributed by atoms with E-state index in [1.54, 1.807) is 6.07 Å². The number of nitriles is 1. The number of benzene rings is 6. The van der Waals surface area contributed by atoms with Crippen molar-refractivity contribution in [2.24, 2.45) is 0 Å². The van der Waals surface area contributed by atoms with Gasteiger partial charge in [0.05, 0.1) is 45.6 Å². The van der Waals surface area contributed by atoms with Crippen LogP contribution in [0.15, 0.2) is 115 Å². The first kappa shape index (κ1) is 37.9. The Balaban J connectivity index is 1.29. The van der Waals surface area contributed by atoms with Crippen LogP contribution in [0.2, 0.25) is 0 Å². The van der Waals surface area contributed by atoms with Gasteiger partial charge in [0.1, 0.15) is 29.4 Å². The van der Waals surface area contributed by atoms with Gasteiger partial charge in [0.15, 0.2) is 17.3 Å². The van der Waals surface area contributed by atoms with Gasteiger partial charge in [-0.15, -0.1) is 0 Å². The second-order valence-electron chi connectivity index (χ2n) is 15.0. The summed E-state index contributed by atoms with van der Waals surface area (Å²) >= 11 is 0. The van der Waals surface area contributed by atoms with E-state index in [0.717, 1.165) is 66.9 Å². The molecule has 0 bridgehead atoms. The number of alkyl halides is 3. The number of aryl methyl sites for hydroxylation is 4. The molecule has 0 saturated carbocycles. The van der Waals surface area contributed by atoms with Gasteiger partial charge < -0.3 is 9.13 Å². The van der Waals surface area contributed by atoms with Crippen molar-refractivity contribution in [2.75, 3.05) is 0 Å². The maximum absolute atomic E-state index is 14.1. The third-order valence-electron chi connectivity index (χ3n) is 11.0. The number of aromatic nitrogens is 8. The van der Waals surface area contributed by atoms with Crippen LogP contribution in [0, 0.1) is 45.6 Å². The smallest absolute Gasteiger partial charge is 0.309 e. The van der Waals surface area contributed by atoms with Crippen LogP contribution in [0.1, 0.15) is 34.4 Å². The predicted octanol–water partition coefficient (Wildman–Crippen LogP) is 11.9. The largest absolute Gasteiger partial charge is 0.415 e. The van der Waals surface area contributed by atoms with E-state index in [9.17, 15) is 18.4 Å². The molecule has 0 amide bonds. The van der Waals surface area contributed by atoms with E-state index in [4.69, 9.17) is 6.57 Å². The molecule has 0 radical (unpaired) electrons. The van der Waals surface area contributed by atoms with Gasteiger partial charge >= 0.3 is 6.18 Å². The molecule has 0 unspecified atom stereocenters. The van der Waals surface area contributed by atoms with Crippen molar-refractivity contribution in [3.05, 3.63) is 161 Å². The van der Waals surface area contributed by atoms with Gasteiger partial charge in [-0.25, -0.2) is 34.7 Å². The molecule has 0 aliphatic heterocycles. The highest BCUT2D eigenvalue weighted by molar-refractivity contribution is 6.12. The van der Waals surface area contributed by atoms with E-state index in [1.165, 1.54) is 6.07 Å². The lowest BCUT2D eigenvalue weighted by Crippen LogP contribution is -2.06. The third-order valence-corrected chi connectivity index (χ3v) is 11.0. The van der Waals surface area contributed by atoms with Crippen molar-refractivity contribution in [3.63, 3.8) is 0 Å². The van der Waals surface area contributed by atoms with Crippen molar-refractivity contribution in [1.29, 1.82) is 5.26 Å². The second kappa shape index (κ2) is 14.2. The Bertz CT molecular complexity index is 3570. The lowest BCUT2D eigenvalue weighted by atomic mass is 9.96. The summed E-state index contributed by atoms with van der Waals surface area (Å²) in [6.07, 6.45) is -4.67. The second-order valence-corrected chi connectivity index (χ2v) is 15.0. The normalized spacial score (nSPS) is 11.8. The summed E-state index contributed by atoms with van der Waals surface area (Å²) in [5.41, 5.74) is 5.57. The summed E-state index contributed by atoms with van der Waals surface area (Å²) in [6, 6.07) is 36.6. The van der Waals surface area contributed by atoms with Gasteiger partial charge in [-0.1, -0.05) is 48.5 Å². The molecule has 10 rings (SSSR count). The fourth-order valence-corrected chi connectivity index (χ4v) is 8.51. The van der Waals surface area contributed by atoms with E-state index >= 15 is 0 Å². The fraction of sp³-hybridized carbons (Fsp3) is 0.102. The van der Waals surface area contributed by atoms with E-state index in [-0.39, 0.29) is 11.3 Å². The molecule has 62 heavy (non-hydrogen) atoms. The molecule has 10 nitrogen and oxygen atoms in total. The Morgan fingerprint density at radius 1 is 0.532 bits per heavy atom. The average molecular weight is 817 g/mol. The molecule has 0 atom stereocenters. The Morgan fingerprint density at radius 2 is 1.02 bits per heavy atom. The lowest BCUT2D eigenvalue weighted by Gasteiger charge is -2.20. The Morgan fingerprint density at radius 3 is 1.50 bits per heavy atom. The van der Waals surface area contributed by atoms with Crippen LogP contribution < -0.4 is 0 Å². The molecule has 0 aliphatic rings. The lowest BCUT2D eigenvalue weighted by molar-refractivity contribution is -0.137. The number of rotatable bonds is 5. The maximum Gasteiger partial charge on any atom is 0.415 e. The maximum atomic E-state index is 14.1. The van der Waals surface area contributed by atoms with Crippen LogP contribution in [-0.2, 0) is 6.18 Å². The molecule has 4 heterocycles. The van der Waals surface area contributed by atoms with Crippen LogP contribution in [0.3, 0.4) is 0 Å². The molecule has 0 saturated heterocycles. The zero-order chi connectivity index (χ0) is 43.0. The minimum Gasteiger partial charge on any atom is -0.309 e. The van der Waals surface area contributed by atoms with Crippen molar-refractivity contribution < 1.29 is 13.2 Å². The Hall–Kier alpha value is -8.29. The summed E-state index contributed by atoms with van der Waals surface area (Å²) in [5, 5.41) is 14.6. The molecule has 13 heteroatoms. The molecule has 0 spiro atoms. The Kier molecular flexibility index (Phi) is 8.68. The van der Waals surface area contributed by atoms with Gasteiger partial charge in [-0.2, -0.15) is 18.4 Å². The van der Waals surface area contributed by atoms with Crippen LogP contribution in [0.5, 0.6) is 0 Å². The quantitative estimate of drug-likeness (QED) is 0.159. The van der Waals surface area contributed by atoms with Gasteiger partial charge in [-0.3, -0.25) is 0 Å². The van der Waals surface area contributed by atoms with E-state index in [1.807, 2.05) is 128 Å². The zero-order valence-corrected chi connectivity index (χ0v) is 33.6. The molecule has 0 N–H and O–H groups in total. The third kappa shape index (κ3) is 6.18. The van der Waals surface area contributed by atoms with E-state index < -0.39 is 11.7 Å². The predicted molar refractivity (Wildman–Crippen MR) is 233 cm³/mol. The minimum atomic E-state index is -4.67. The molecule has 298 valence electrons. The molecule has 10 aromatic rings. The van der Waals surface area contributed by atoms with Crippen LogP contribution >= 0.6 is 0 Å². The Labute approximate surface area is 352 Å². The molecule has 0 fully saturated rings. The van der Waals surface area contributed by atoms with Crippen molar-refractivity contribution >= 4 is 49.3 Å². The van der Waals surface area contributed by atoms with Crippen molar-refractivity contribution in [1.82, 2.24) is 39.0 Å². The van der Waals surface area contributed by atoms with E-state index in [0.29, 0.717) is 57.4 Å². The first-order valence-electron chi connectivity index (χ1n) is 19.5. The highest BCUT2D eigenvalue weighted by Gasteiger charge is 2.32. The SMILES string of the molecule is [C-]#[N+]c1cc(C(F)(F)F)ccc1-c1cc(-n2c3ccccc3c3cc(-c4nc(C)nc(C)n4)ccc32)c(C#N)cc1-n1c2ccccc2c2cc(-c3nc(C)nc(C)n3)ccc21. The van der Waals surface area contributed by atoms with Gasteiger partial charge in [0, 0.05) is 38.2 Å². The first-order chi connectivity index (χ1) is 29.9. The number of nitrogens with zero attached hydrogens (tertiary/aromatic N) is 10. The first-order valence-corrected chi connectivity index (χ1v) is 19.5. The molecule has 4 aromatic heterocycles. The number of hydrogen-bond acceptors (Lipinski definition) is 7. The summed E-state index contributed by atoms with van der Waals surface area (Å²) in [5.74, 6) is 3.43. The number of para-hydroxylation sites is 2. The monoisotopic (exact) mass is 816 g/mol. The average Bonchev–Trinajstić information content (AvgIpc) is 3.76. The molecular weight excluding hydrogens is 786 g/mol. The van der Waals surface area contributed by atoms with Crippen molar-refractivity contribution in [2.45, 2.75) is 33.9 Å². The van der Waals surface area contributed by atoms with Gasteiger partial charge in [0.25, 0.3) is 0 Å². The minimum absolute atomic E-state index is 0.185. The van der Waals surface area contributed by atoms with E-state index in [2.05, 4.69) is 40.8 Å². The number of halogens is 3. The van der Waals surface area contributed by atoms with Crippen LogP contribution in [0.25, 0.3) is 93.7 Å². The van der Waals surface area contributed by atoms with Crippen molar-refractivity contribution in [3.8, 4) is 51.3 Å². The summed E-state index contributed by atoms with van der Waals surface area (Å²) in [6.45, 7) is 15.4. The highest BCUT2D eigenvalue weighted by atomic mass is 19.4. The molecule has 0 aliphatic carbocycles. The number of fused-ring (bicyclic) bond motifs is 6. The van der Waals surface area contributed by atoms with Crippen LogP contribution in [-0.4, -0.2) is 39.0 Å². The summed E-state index contributed by atoms with van der Waals surface area (Å²) in [4.78, 5) is 30.7. The fourth-order valence-electron chi connectivity index (χ4n) is 8.51. The van der Waals surface area contributed by atoms with Gasteiger partial charge in [0.2, 0.25) is 0 Å². The highest BCUT2D eigenvalue weighted by Crippen LogP contribution is 2.45. The summed E-state index contributed by atoms with van der Waals surface area (Å²) in [7, 11) is 0. The zero-order valence-electron chi connectivity index (χ0n) is 33.6. The topological polar surface area (TPSA) is 115 Å².